The van der Waals surface area contributed by atoms with Crippen LogP contribution < -0.4 is 11.2 Å². The van der Waals surface area contributed by atoms with Crippen molar-refractivity contribution in [3.05, 3.63) is 27.2 Å². The quantitative estimate of drug-likeness (QED) is 0.740. The van der Waals surface area contributed by atoms with E-state index in [9.17, 15) is 19.2 Å². The number of carboxylic acids is 1. The lowest BCUT2D eigenvalue weighted by Crippen LogP contribution is -2.44. The SMILES string of the molecule is Cn1c(=O)c2c(ncn2CC(=O)N2CCC[C@H](C(=O)O)C2)n(C)c1=O. The van der Waals surface area contributed by atoms with Crippen LogP contribution in [0.2, 0.25) is 0 Å². The molecule has 1 amide bonds. The van der Waals surface area contributed by atoms with Gasteiger partial charge < -0.3 is 14.6 Å². The Morgan fingerprint density at radius 1 is 1.28 bits per heavy atom. The van der Waals surface area contributed by atoms with Gasteiger partial charge in [-0.2, -0.15) is 0 Å². The van der Waals surface area contributed by atoms with E-state index >= 15 is 0 Å². The second-order valence-electron chi connectivity index (χ2n) is 6.27. The van der Waals surface area contributed by atoms with E-state index in [1.165, 1.54) is 34.5 Å². The summed E-state index contributed by atoms with van der Waals surface area (Å²) in [4.78, 5) is 53.5. The number of fused-ring (bicyclic) bond motifs is 1. The van der Waals surface area contributed by atoms with Crippen molar-refractivity contribution in [3.63, 3.8) is 0 Å². The molecule has 134 valence electrons. The highest BCUT2D eigenvalue weighted by Gasteiger charge is 2.28. The van der Waals surface area contributed by atoms with Crippen LogP contribution in [0.25, 0.3) is 11.2 Å². The molecule has 1 atom stereocenters. The van der Waals surface area contributed by atoms with E-state index < -0.39 is 23.1 Å². The number of carboxylic acid groups (broad SMARTS) is 1. The summed E-state index contributed by atoms with van der Waals surface area (Å²) in [7, 11) is 2.87. The number of aliphatic carboxylic acids is 1. The van der Waals surface area contributed by atoms with Crippen molar-refractivity contribution in [1.29, 1.82) is 0 Å². The molecular formula is C15H19N5O5. The van der Waals surface area contributed by atoms with Gasteiger partial charge in [-0.15, -0.1) is 0 Å². The van der Waals surface area contributed by atoms with Crippen LogP contribution in [0.5, 0.6) is 0 Å². The first kappa shape index (κ1) is 16.9. The van der Waals surface area contributed by atoms with Gasteiger partial charge in [0, 0.05) is 27.2 Å². The molecular weight excluding hydrogens is 330 g/mol. The van der Waals surface area contributed by atoms with E-state index in [2.05, 4.69) is 4.98 Å². The van der Waals surface area contributed by atoms with Crippen molar-refractivity contribution in [2.45, 2.75) is 19.4 Å². The summed E-state index contributed by atoms with van der Waals surface area (Å²) in [6.07, 6.45) is 2.53. The number of carbonyl (C=O) groups is 2. The first-order valence-electron chi connectivity index (χ1n) is 7.92. The van der Waals surface area contributed by atoms with Gasteiger partial charge in [0.2, 0.25) is 5.91 Å². The zero-order valence-corrected chi connectivity index (χ0v) is 14.0. The van der Waals surface area contributed by atoms with Gasteiger partial charge in [0.15, 0.2) is 11.2 Å². The van der Waals surface area contributed by atoms with Crippen LogP contribution in [0.4, 0.5) is 0 Å². The smallest absolute Gasteiger partial charge is 0.332 e. The fraction of sp³-hybridized carbons (Fsp3) is 0.533. The maximum Gasteiger partial charge on any atom is 0.332 e. The van der Waals surface area contributed by atoms with Gasteiger partial charge in [-0.1, -0.05) is 0 Å². The largest absolute Gasteiger partial charge is 0.481 e. The van der Waals surface area contributed by atoms with Gasteiger partial charge in [0.05, 0.1) is 12.2 Å². The minimum absolute atomic E-state index is 0.129. The van der Waals surface area contributed by atoms with E-state index in [4.69, 9.17) is 5.11 Å². The third kappa shape index (κ3) is 2.83. The molecule has 1 fully saturated rings. The molecule has 10 heteroatoms. The lowest BCUT2D eigenvalue weighted by atomic mass is 9.98. The number of nitrogens with zero attached hydrogens (tertiary/aromatic N) is 5. The highest BCUT2D eigenvalue weighted by molar-refractivity contribution is 5.80. The van der Waals surface area contributed by atoms with Gasteiger partial charge in [-0.25, -0.2) is 9.78 Å². The van der Waals surface area contributed by atoms with E-state index in [1.54, 1.807) is 0 Å². The van der Waals surface area contributed by atoms with Crippen LogP contribution in [0.1, 0.15) is 12.8 Å². The standard InChI is InChI=1S/C15H19N5O5/c1-17-12-11(13(22)18(2)15(17)25)20(8-16-12)7-10(21)19-5-3-4-9(6-19)14(23)24/h8-9H,3-7H2,1-2H3,(H,23,24)/t9-/m0/s1. The van der Waals surface area contributed by atoms with E-state index in [0.717, 1.165) is 4.57 Å². The Hall–Kier alpha value is -2.91. The highest BCUT2D eigenvalue weighted by Crippen LogP contribution is 2.17. The minimum atomic E-state index is -0.908. The number of hydrogen-bond donors (Lipinski definition) is 1. The fourth-order valence-corrected chi connectivity index (χ4v) is 3.17. The second kappa shape index (κ2) is 6.19. The van der Waals surface area contributed by atoms with E-state index in [0.29, 0.717) is 19.4 Å². The summed E-state index contributed by atoms with van der Waals surface area (Å²) in [5.41, 5.74) is -0.632. The number of rotatable bonds is 3. The maximum atomic E-state index is 12.5. The lowest BCUT2D eigenvalue weighted by Gasteiger charge is -2.30. The van der Waals surface area contributed by atoms with Crippen LogP contribution in [0, 0.1) is 5.92 Å². The Bertz CT molecular complexity index is 969. The van der Waals surface area contributed by atoms with Crippen molar-refractivity contribution >= 4 is 23.0 Å². The normalized spacial score (nSPS) is 17.8. The van der Waals surface area contributed by atoms with Crippen molar-refractivity contribution in [1.82, 2.24) is 23.6 Å². The molecule has 0 unspecified atom stereocenters. The molecule has 2 aromatic heterocycles. The molecule has 25 heavy (non-hydrogen) atoms. The van der Waals surface area contributed by atoms with E-state index in [-0.39, 0.29) is 30.2 Å². The number of amides is 1. The van der Waals surface area contributed by atoms with Crippen molar-refractivity contribution in [3.8, 4) is 0 Å². The van der Waals surface area contributed by atoms with Crippen LogP contribution >= 0.6 is 0 Å². The summed E-state index contributed by atoms with van der Waals surface area (Å²) in [5.74, 6) is -1.75. The molecule has 3 rings (SSSR count). The molecule has 10 nitrogen and oxygen atoms in total. The zero-order valence-electron chi connectivity index (χ0n) is 14.0. The molecule has 0 aromatic carbocycles. The Kier molecular flexibility index (Phi) is 4.19. The van der Waals surface area contributed by atoms with Crippen molar-refractivity contribution < 1.29 is 14.7 Å². The fourth-order valence-electron chi connectivity index (χ4n) is 3.17. The van der Waals surface area contributed by atoms with Crippen LogP contribution in [-0.2, 0) is 30.2 Å². The van der Waals surface area contributed by atoms with Crippen molar-refractivity contribution in [2.24, 2.45) is 20.0 Å². The van der Waals surface area contributed by atoms with Gasteiger partial charge in [0.1, 0.15) is 6.54 Å². The Labute approximate surface area is 141 Å². The number of likely N-dealkylation sites (tertiary alicyclic amines) is 1. The zero-order chi connectivity index (χ0) is 18.3. The first-order valence-corrected chi connectivity index (χ1v) is 7.92. The second-order valence-corrected chi connectivity index (χ2v) is 6.27. The van der Waals surface area contributed by atoms with Crippen LogP contribution in [0.15, 0.2) is 15.9 Å². The Morgan fingerprint density at radius 2 is 2.00 bits per heavy atom. The molecule has 3 heterocycles. The topological polar surface area (TPSA) is 119 Å². The van der Waals surface area contributed by atoms with E-state index in [1.807, 2.05) is 0 Å². The van der Waals surface area contributed by atoms with Crippen LogP contribution in [-0.4, -0.2) is 53.7 Å². The van der Waals surface area contributed by atoms with Crippen LogP contribution in [0.3, 0.4) is 0 Å². The molecule has 1 saturated heterocycles. The van der Waals surface area contributed by atoms with Gasteiger partial charge >= 0.3 is 11.7 Å². The molecule has 0 bridgehead atoms. The Morgan fingerprint density at radius 3 is 2.68 bits per heavy atom. The summed E-state index contributed by atoms with van der Waals surface area (Å²) in [5, 5.41) is 9.13. The predicted octanol–water partition coefficient (Wildman–Crippen LogP) is -1.24. The van der Waals surface area contributed by atoms with Gasteiger partial charge in [-0.3, -0.25) is 23.5 Å². The average Bonchev–Trinajstić information content (AvgIpc) is 3.01. The lowest BCUT2D eigenvalue weighted by molar-refractivity contribution is -0.145. The monoisotopic (exact) mass is 349 g/mol. The molecule has 0 spiro atoms. The molecule has 0 aliphatic carbocycles. The van der Waals surface area contributed by atoms with Gasteiger partial charge in [-0.05, 0) is 12.8 Å². The first-order chi connectivity index (χ1) is 11.8. The number of imidazole rings is 1. The minimum Gasteiger partial charge on any atom is -0.481 e. The summed E-state index contributed by atoms with van der Waals surface area (Å²) in [6, 6.07) is 0. The molecule has 1 aliphatic rings. The maximum absolute atomic E-state index is 12.5. The number of carbonyl (C=O) groups excluding carboxylic acids is 1. The molecule has 0 saturated carbocycles. The highest BCUT2D eigenvalue weighted by atomic mass is 16.4. The average molecular weight is 349 g/mol. The number of aromatic nitrogens is 4. The number of aryl methyl sites for hydroxylation is 1. The molecule has 1 N–H and O–H groups in total. The predicted molar refractivity (Wildman–Crippen MR) is 87.2 cm³/mol. The van der Waals surface area contributed by atoms with Crippen molar-refractivity contribution in [2.75, 3.05) is 13.1 Å². The Balaban J connectivity index is 1.91. The molecule has 0 radical (unpaired) electrons. The van der Waals surface area contributed by atoms with Gasteiger partial charge in [0.25, 0.3) is 5.56 Å². The summed E-state index contributed by atoms with van der Waals surface area (Å²) >= 11 is 0. The third-order valence-electron chi connectivity index (χ3n) is 4.65. The summed E-state index contributed by atoms with van der Waals surface area (Å²) in [6.45, 7) is 0.527. The number of hydrogen-bond acceptors (Lipinski definition) is 5. The number of piperidine rings is 1. The molecule has 2 aromatic rings. The molecule has 1 aliphatic heterocycles. The summed E-state index contributed by atoms with van der Waals surface area (Å²) < 4.78 is 3.62. The third-order valence-corrected chi connectivity index (χ3v) is 4.65.